The molecule has 0 unspecified atom stereocenters. The topological polar surface area (TPSA) is 34.9 Å². The van der Waals surface area contributed by atoms with Gasteiger partial charge in [-0.3, -0.25) is 9.48 Å². The average Bonchev–Trinajstić information content (AvgIpc) is 2.79. The monoisotopic (exact) mass is 300 g/mol. The molecule has 19 heavy (non-hydrogen) atoms. The lowest BCUT2D eigenvalue weighted by Gasteiger charge is -2.20. The van der Waals surface area contributed by atoms with Crippen LogP contribution in [0.3, 0.4) is 0 Å². The van der Waals surface area contributed by atoms with E-state index in [1.54, 1.807) is 22.6 Å². The van der Waals surface area contributed by atoms with Crippen molar-refractivity contribution in [3.8, 4) is 0 Å². The molecule has 0 N–H and O–H groups in total. The number of carbonyl (C=O) groups excluding carboxylic acids is 1. The van der Waals surface area contributed by atoms with Crippen LogP contribution < -0.4 is 0 Å². The molecule has 1 aliphatic carbocycles. The van der Waals surface area contributed by atoms with E-state index in [1.165, 1.54) is 32.1 Å². The number of halogens is 1. The number of aryl methyl sites for hydroxylation is 1. The van der Waals surface area contributed by atoms with Gasteiger partial charge in [0, 0.05) is 11.8 Å². The first-order valence-electron chi connectivity index (χ1n) is 7.08. The minimum absolute atomic E-state index is 0.117. The standard InChI is InChI=1S/C14H21ClN2OS/c1-2-8-17-14(12(15)9-16-17)13(18)10-19-11-6-4-3-5-7-11/h9,11H,2-8,10H2,1H3. The molecule has 2 rings (SSSR count). The number of rotatable bonds is 6. The van der Waals surface area contributed by atoms with Crippen molar-refractivity contribution < 1.29 is 4.79 Å². The van der Waals surface area contributed by atoms with Gasteiger partial charge in [0.15, 0.2) is 5.78 Å². The Bertz CT molecular complexity index is 427. The summed E-state index contributed by atoms with van der Waals surface area (Å²) >= 11 is 7.87. The SMILES string of the molecule is CCCn1ncc(Cl)c1C(=O)CSC1CCCCC1. The van der Waals surface area contributed by atoms with E-state index in [9.17, 15) is 4.79 Å². The predicted molar refractivity (Wildman–Crippen MR) is 81.2 cm³/mol. The van der Waals surface area contributed by atoms with Crippen molar-refractivity contribution in [2.75, 3.05) is 5.75 Å². The summed E-state index contributed by atoms with van der Waals surface area (Å²) in [5, 5.41) is 5.32. The third-order valence-corrected chi connectivity index (χ3v) is 5.14. The Morgan fingerprint density at radius 2 is 2.21 bits per heavy atom. The quantitative estimate of drug-likeness (QED) is 0.739. The summed E-state index contributed by atoms with van der Waals surface area (Å²) in [6.45, 7) is 2.82. The van der Waals surface area contributed by atoms with Crippen molar-refractivity contribution in [2.45, 2.75) is 57.2 Å². The van der Waals surface area contributed by atoms with Gasteiger partial charge < -0.3 is 0 Å². The van der Waals surface area contributed by atoms with Crippen LogP contribution in [-0.2, 0) is 6.54 Å². The van der Waals surface area contributed by atoms with Gasteiger partial charge in [-0.15, -0.1) is 0 Å². The number of hydrogen-bond donors (Lipinski definition) is 0. The van der Waals surface area contributed by atoms with E-state index < -0.39 is 0 Å². The highest BCUT2D eigenvalue weighted by molar-refractivity contribution is 8.00. The molecule has 0 radical (unpaired) electrons. The minimum atomic E-state index is 0.117. The third-order valence-electron chi connectivity index (χ3n) is 3.50. The van der Waals surface area contributed by atoms with Crippen LogP contribution in [0, 0.1) is 0 Å². The van der Waals surface area contributed by atoms with Gasteiger partial charge >= 0.3 is 0 Å². The molecule has 0 saturated heterocycles. The molecular formula is C14H21ClN2OS. The molecule has 1 fully saturated rings. The van der Waals surface area contributed by atoms with Crippen LogP contribution in [0.25, 0.3) is 0 Å². The normalized spacial score (nSPS) is 16.7. The molecule has 1 saturated carbocycles. The number of thioether (sulfide) groups is 1. The molecule has 0 spiro atoms. The Hall–Kier alpha value is -0.480. The molecule has 0 amide bonds. The van der Waals surface area contributed by atoms with Crippen molar-refractivity contribution >= 4 is 29.1 Å². The fourth-order valence-electron chi connectivity index (χ4n) is 2.51. The molecule has 0 aliphatic heterocycles. The highest BCUT2D eigenvalue weighted by atomic mass is 35.5. The number of aromatic nitrogens is 2. The number of ketones is 1. The molecule has 0 bridgehead atoms. The van der Waals surface area contributed by atoms with Crippen molar-refractivity contribution in [3.63, 3.8) is 0 Å². The second-order valence-corrected chi connectivity index (χ2v) is 6.75. The van der Waals surface area contributed by atoms with E-state index >= 15 is 0 Å². The largest absolute Gasteiger partial charge is 0.291 e. The number of Topliss-reactive ketones (excluding diaryl/α,β-unsaturated/α-hetero) is 1. The van der Waals surface area contributed by atoms with Crippen LogP contribution in [-0.4, -0.2) is 26.6 Å². The number of hydrogen-bond acceptors (Lipinski definition) is 3. The van der Waals surface area contributed by atoms with E-state index in [0.29, 0.717) is 21.7 Å². The van der Waals surface area contributed by atoms with Gasteiger partial charge in [0.2, 0.25) is 0 Å². The van der Waals surface area contributed by atoms with Crippen molar-refractivity contribution in [1.82, 2.24) is 9.78 Å². The Labute approximate surface area is 124 Å². The summed E-state index contributed by atoms with van der Waals surface area (Å²) in [6, 6.07) is 0. The number of carbonyl (C=O) groups is 1. The van der Waals surface area contributed by atoms with Gasteiger partial charge in [-0.25, -0.2) is 0 Å². The van der Waals surface area contributed by atoms with Gasteiger partial charge in [0.05, 0.1) is 17.0 Å². The van der Waals surface area contributed by atoms with Gasteiger partial charge in [0.1, 0.15) is 5.69 Å². The molecule has 0 atom stereocenters. The zero-order valence-corrected chi connectivity index (χ0v) is 13.0. The molecule has 1 aromatic heterocycles. The van der Waals surface area contributed by atoms with Crippen molar-refractivity contribution in [1.29, 1.82) is 0 Å². The number of nitrogens with zero attached hydrogens (tertiary/aromatic N) is 2. The smallest absolute Gasteiger partial charge is 0.192 e. The first-order chi connectivity index (χ1) is 9.22. The second kappa shape index (κ2) is 7.34. The molecule has 1 aliphatic rings. The average molecular weight is 301 g/mol. The van der Waals surface area contributed by atoms with Crippen LogP contribution in [0.4, 0.5) is 0 Å². The van der Waals surface area contributed by atoms with E-state index in [0.717, 1.165) is 13.0 Å². The van der Waals surface area contributed by atoms with Gasteiger partial charge in [-0.05, 0) is 19.3 Å². The maximum Gasteiger partial charge on any atom is 0.192 e. The summed E-state index contributed by atoms with van der Waals surface area (Å²) in [4.78, 5) is 12.3. The lowest BCUT2D eigenvalue weighted by molar-refractivity contribution is 0.101. The van der Waals surface area contributed by atoms with Crippen molar-refractivity contribution in [3.05, 3.63) is 16.9 Å². The lowest BCUT2D eigenvalue weighted by Crippen LogP contribution is -2.16. The Balaban J connectivity index is 1.93. The molecule has 0 aromatic carbocycles. The lowest BCUT2D eigenvalue weighted by atomic mass is 10.0. The maximum atomic E-state index is 12.3. The summed E-state index contributed by atoms with van der Waals surface area (Å²) < 4.78 is 1.74. The van der Waals surface area contributed by atoms with Gasteiger partial charge in [-0.2, -0.15) is 16.9 Å². The summed E-state index contributed by atoms with van der Waals surface area (Å²) in [5.74, 6) is 0.645. The molecule has 3 nitrogen and oxygen atoms in total. The molecule has 1 aromatic rings. The Morgan fingerprint density at radius 1 is 1.47 bits per heavy atom. The molecule has 106 valence electrons. The predicted octanol–water partition coefficient (Wildman–Crippen LogP) is 4.20. The fraction of sp³-hybridized carbons (Fsp3) is 0.714. The van der Waals surface area contributed by atoms with E-state index in [4.69, 9.17) is 11.6 Å². The zero-order valence-electron chi connectivity index (χ0n) is 11.4. The van der Waals surface area contributed by atoms with Crippen LogP contribution >= 0.6 is 23.4 Å². The van der Waals surface area contributed by atoms with Crippen LogP contribution in [0.1, 0.15) is 55.9 Å². The van der Waals surface area contributed by atoms with Crippen molar-refractivity contribution in [2.24, 2.45) is 0 Å². The van der Waals surface area contributed by atoms with Gasteiger partial charge in [0.25, 0.3) is 0 Å². The van der Waals surface area contributed by atoms with Crippen LogP contribution in [0.5, 0.6) is 0 Å². The highest BCUT2D eigenvalue weighted by Crippen LogP contribution is 2.29. The summed E-state index contributed by atoms with van der Waals surface area (Å²) in [7, 11) is 0. The first-order valence-corrected chi connectivity index (χ1v) is 8.51. The third kappa shape index (κ3) is 3.99. The summed E-state index contributed by atoms with van der Waals surface area (Å²) in [6.07, 6.45) is 8.99. The molecular weight excluding hydrogens is 280 g/mol. The minimum Gasteiger partial charge on any atom is -0.291 e. The summed E-state index contributed by atoms with van der Waals surface area (Å²) in [5.41, 5.74) is 0.590. The van der Waals surface area contributed by atoms with Crippen LogP contribution in [0.15, 0.2) is 6.20 Å². The first kappa shape index (κ1) is 14.9. The zero-order chi connectivity index (χ0) is 13.7. The van der Waals surface area contributed by atoms with E-state index in [2.05, 4.69) is 12.0 Å². The Morgan fingerprint density at radius 3 is 2.89 bits per heavy atom. The van der Waals surface area contributed by atoms with Gasteiger partial charge in [-0.1, -0.05) is 37.8 Å². The van der Waals surface area contributed by atoms with E-state index in [1.807, 2.05) is 0 Å². The molecule has 1 heterocycles. The Kier molecular flexibility index (Phi) is 5.76. The highest BCUT2D eigenvalue weighted by Gasteiger charge is 2.20. The fourth-order valence-corrected chi connectivity index (χ4v) is 3.95. The second-order valence-electron chi connectivity index (χ2n) is 5.06. The maximum absolute atomic E-state index is 12.3. The van der Waals surface area contributed by atoms with E-state index in [-0.39, 0.29) is 5.78 Å². The van der Waals surface area contributed by atoms with Crippen LogP contribution in [0.2, 0.25) is 5.02 Å². The molecule has 5 heteroatoms.